The Morgan fingerprint density at radius 1 is 0.913 bits per heavy atom. The molecule has 3 heteroatoms. The highest BCUT2D eigenvalue weighted by atomic mass is 16.5. The second-order valence-corrected chi connectivity index (χ2v) is 6.28. The van der Waals surface area contributed by atoms with E-state index in [0.29, 0.717) is 5.92 Å². The van der Waals surface area contributed by atoms with E-state index in [2.05, 4.69) is 67.8 Å². The minimum atomic E-state index is 0.678. The van der Waals surface area contributed by atoms with E-state index in [4.69, 9.17) is 4.74 Å². The topological polar surface area (TPSA) is 33.3 Å². The molecule has 23 heavy (non-hydrogen) atoms. The number of rotatable bonds is 9. The molecule has 0 heterocycles. The van der Waals surface area contributed by atoms with Crippen molar-refractivity contribution in [3.8, 4) is 5.75 Å². The second-order valence-electron chi connectivity index (χ2n) is 6.28. The van der Waals surface area contributed by atoms with Crippen LogP contribution in [0.4, 0.5) is 11.4 Å². The van der Waals surface area contributed by atoms with Gasteiger partial charge < -0.3 is 15.4 Å². The first-order valence-electron chi connectivity index (χ1n) is 8.41. The van der Waals surface area contributed by atoms with Crippen molar-refractivity contribution < 1.29 is 4.74 Å². The lowest BCUT2D eigenvalue weighted by atomic mass is 10.1. The van der Waals surface area contributed by atoms with Crippen molar-refractivity contribution in [2.24, 2.45) is 5.92 Å². The Bertz CT molecular complexity index is 578. The maximum atomic E-state index is 5.73. The molecule has 0 unspecified atom stereocenters. The lowest BCUT2D eigenvalue weighted by Gasteiger charge is -2.11. The molecule has 3 nitrogen and oxygen atoms in total. The minimum Gasteiger partial charge on any atom is -0.494 e. The fraction of sp³-hybridized carbons (Fsp3) is 0.400. The van der Waals surface area contributed by atoms with Crippen molar-refractivity contribution in [1.29, 1.82) is 0 Å². The number of hydrogen-bond donors (Lipinski definition) is 2. The minimum absolute atomic E-state index is 0.678. The van der Waals surface area contributed by atoms with E-state index in [9.17, 15) is 0 Å². The van der Waals surface area contributed by atoms with Gasteiger partial charge in [-0.1, -0.05) is 26.0 Å². The van der Waals surface area contributed by atoms with E-state index in [1.54, 1.807) is 0 Å². The summed E-state index contributed by atoms with van der Waals surface area (Å²) in [7, 11) is 0. The third-order valence-corrected chi connectivity index (χ3v) is 3.62. The monoisotopic (exact) mass is 312 g/mol. The first-order chi connectivity index (χ1) is 11.1. The fourth-order valence-electron chi connectivity index (χ4n) is 2.25. The molecule has 0 atom stereocenters. The predicted octanol–water partition coefficient (Wildman–Crippen LogP) is 4.94. The van der Waals surface area contributed by atoms with E-state index in [1.807, 2.05) is 12.1 Å². The molecule has 2 aromatic carbocycles. The van der Waals surface area contributed by atoms with Crippen molar-refractivity contribution in [2.45, 2.75) is 27.2 Å². The van der Waals surface area contributed by atoms with Gasteiger partial charge in [-0.05, 0) is 61.2 Å². The Labute approximate surface area is 140 Å². The third kappa shape index (κ3) is 6.64. The van der Waals surface area contributed by atoms with Crippen molar-refractivity contribution >= 4 is 11.4 Å². The van der Waals surface area contributed by atoms with Gasteiger partial charge in [-0.25, -0.2) is 0 Å². The van der Waals surface area contributed by atoms with Crippen LogP contribution in [0, 0.1) is 12.8 Å². The highest BCUT2D eigenvalue weighted by Gasteiger charge is 1.98. The van der Waals surface area contributed by atoms with Gasteiger partial charge in [0.2, 0.25) is 0 Å². The van der Waals surface area contributed by atoms with Crippen LogP contribution in [0.25, 0.3) is 0 Å². The Kier molecular flexibility index (Phi) is 6.79. The molecule has 0 spiro atoms. The molecule has 0 radical (unpaired) electrons. The van der Waals surface area contributed by atoms with Crippen molar-refractivity contribution in [3.05, 3.63) is 54.1 Å². The predicted molar refractivity (Wildman–Crippen MR) is 99.6 cm³/mol. The first kappa shape index (κ1) is 17.2. The molecule has 2 rings (SSSR count). The highest BCUT2D eigenvalue weighted by Crippen LogP contribution is 2.16. The quantitative estimate of drug-likeness (QED) is 0.643. The molecular formula is C20H28N2O. The molecule has 2 N–H and O–H groups in total. The maximum absolute atomic E-state index is 5.73. The first-order valence-corrected chi connectivity index (χ1v) is 8.41. The fourth-order valence-corrected chi connectivity index (χ4v) is 2.25. The summed E-state index contributed by atoms with van der Waals surface area (Å²) in [5, 5.41) is 6.83. The molecule has 0 aliphatic carbocycles. The Hall–Kier alpha value is -2.16. The van der Waals surface area contributed by atoms with Crippen LogP contribution in [0.3, 0.4) is 0 Å². The lowest BCUT2D eigenvalue weighted by molar-refractivity contribution is 0.289. The van der Waals surface area contributed by atoms with Crippen LogP contribution in [0.1, 0.15) is 25.8 Å². The van der Waals surface area contributed by atoms with Crippen molar-refractivity contribution in [3.63, 3.8) is 0 Å². The van der Waals surface area contributed by atoms with E-state index in [1.165, 1.54) is 11.3 Å². The molecule has 0 bridgehead atoms. The van der Waals surface area contributed by atoms with Gasteiger partial charge >= 0.3 is 0 Å². The van der Waals surface area contributed by atoms with Gasteiger partial charge in [0.15, 0.2) is 0 Å². The molecule has 0 aliphatic heterocycles. The zero-order valence-corrected chi connectivity index (χ0v) is 14.4. The zero-order chi connectivity index (χ0) is 16.5. The normalized spacial score (nSPS) is 10.6. The van der Waals surface area contributed by atoms with Gasteiger partial charge in [-0.15, -0.1) is 0 Å². The molecule has 0 amide bonds. The number of nitrogens with one attached hydrogen (secondary N) is 2. The average molecular weight is 312 g/mol. The summed E-state index contributed by atoms with van der Waals surface area (Å²) in [6.45, 7) is 9.07. The summed E-state index contributed by atoms with van der Waals surface area (Å²) in [5.41, 5.74) is 3.56. The van der Waals surface area contributed by atoms with Crippen LogP contribution in [-0.4, -0.2) is 19.7 Å². The summed E-state index contributed by atoms with van der Waals surface area (Å²) < 4.78 is 5.73. The number of anilines is 2. The van der Waals surface area contributed by atoms with Gasteiger partial charge in [0.1, 0.15) is 5.75 Å². The largest absolute Gasteiger partial charge is 0.494 e. The van der Waals surface area contributed by atoms with E-state index < -0.39 is 0 Å². The summed E-state index contributed by atoms with van der Waals surface area (Å²) in [5.74, 6) is 1.62. The second kappa shape index (κ2) is 9.09. The third-order valence-electron chi connectivity index (χ3n) is 3.62. The summed E-state index contributed by atoms with van der Waals surface area (Å²) in [6, 6.07) is 16.6. The summed E-state index contributed by atoms with van der Waals surface area (Å²) in [6.07, 6.45) is 1.09. The molecule has 0 saturated heterocycles. The molecule has 2 aromatic rings. The molecular weight excluding hydrogens is 284 g/mol. The van der Waals surface area contributed by atoms with Gasteiger partial charge in [-0.2, -0.15) is 0 Å². The molecule has 0 aromatic heterocycles. The van der Waals surface area contributed by atoms with Gasteiger partial charge in [0.25, 0.3) is 0 Å². The summed E-state index contributed by atoms with van der Waals surface area (Å²) >= 11 is 0. The average Bonchev–Trinajstić information content (AvgIpc) is 2.53. The summed E-state index contributed by atoms with van der Waals surface area (Å²) in [4.78, 5) is 0. The molecule has 124 valence electrons. The Morgan fingerprint density at radius 2 is 1.61 bits per heavy atom. The van der Waals surface area contributed by atoms with Gasteiger partial charge in [0, 0.05) is 24.5 Å². The maximum Gasteiger partial charge on any atom is 0.119 e. The number of benzene rings is 2. The Morgan fingerprint density at radius 3 is 2.26 bits per heavy atom. The lowest BCUT2D eigenvalue weighted by Crippen LogP contribution is -2.13. The smallest absolute Gasteiger partial charge is 0.119 e. The van der Waals surface area contributed by atoms with Gasteiger partial charge in [0.05, 0.1) is 6.61 Å². The SMILES string of the molecule is Cc1cccc(NCCNc2ccc(OCCC(C)C)cc2)c1. The van der Waals surface area contributed by atoms with E-state index >= 15 is 0 Å². The van der Waals surface area contributed by atoms with Crippen LogP contribution in [0.15, 0.2) is 48.5 Å². The van der Waals surface area contributed by atoms with Crippen molar-refractivity contribution in [1.82, 2.24) is 0 Å². The molecule has 0 fully saturated rings. The van der Waals surface area contributed by atoms with Gasteiger partial charge in [-0.3, -0.25) is 0 Å². The number of aryl methyl sites for hydroxylation is 1. The highest BCUT2D eigenvalue weighted by molar-refractivity contribution is 5.48. The number of hydrogen-bond acceptors (Lipinski definition) is 3. The van der Waals surface area contributed by atoms with E-state index in [0.717, 1.165) is 37.6 Å². The molecule has 0 aliphatic rings. The zero-order valence-electron chi connectivity index (χ0n) is 14.4. The van der Waals surface area contributed by atoms with Crippen LogP contribution < -0.4 is 15.4 Å². The van der Waals surface area contributed by atoms with Crippen molar-refractivity contribution in [2.75, 3.05) is 30.3 Å². The van der Waals surface area contributed by atoms with Crippen LogP contribution in [0.2, 0.25) is 0 Å². The van der Waals surface area contributed by atoms with E-state index in [-0.39, 0.29) is 0 Å². The van der Waals surface area contributed by atoms with Crippen LogP contribution in [-0.2, 0) is 0 Å². The number of ether oxygens (including phenoxy) is 1. The van der Waals surface area contributed by atoms with Crippen LogP contribution >= 0.6 is 0 Å². The Balaban J connectivity index is 1.67. The molecule has 0 saturated carbocycles. The van der Waals surface area contributed by atoms with Crippen LogP contribution in [0.5, 0.6) is 5.75 Å². The standard InChI is InChI=1S/C20H28N2O/c1-16(2)11-14-23-20-9-7-18(8-10-20)21-12-13-22-19-6-4-5-17(3)15-19/h4-10,15-16,21-22H,11-14H2,1-3H3.